The molecule has 1 amide bonds. The lowest BCUT2D eigenvalue weighted by Gasteiger charge is -2.13. The standard InChI is InChI=1S/C12H16ClNO3/c1-8(7-13)12(15)14-10-5-4-9(16-2)6-11(10)17-3/h4-6,8H,7H2,1-3H3,(H,14,15). The number of nitrogens with one attached hydrogen (secondary N) is 1. The maximum Gasteiger partial charge on any atom is 0.228 e. The molecule has 0 fully saturated rings. The number of anilines is 1. The Labute approximate surface area is 106 Å². The normalized spacial score (nSPS) is 11.8. The van der Waals surface area contributed by atoms with Crippen molar-refractivity contribution in [2.45, 2.75) is 6.92 Å². The van der Waals surface area contributed by atoms with Crippen LogP contribution >= 0.6 is 11.6 Å². The molecule has 1 rings (SSSR count). The summed E-state index contributed by atoms with van der Waals surface area (Å²) in [6, 6.07) is 5.20. The zero-order valence-electron chi connectivity index (χ0n) is 10.1. The number of halogens is 1. The summed E-state index contributed by atoms with van der Waals surface area (Å²) in [4.78, 5) is 11.7. The Bertz CT molecular complexity index is 395. The smallest absolute Gasteiger partial charge is 0.228 e. The van der Waals surface area contributed by atoms with Crippen molar-refractivity contribution in [3.05, 3.63) is 18.2 Å². The monoisotopic (exact) mass is 257 g/mol. The highest BCUT2D eigenvalue weighted by Gasteiger charge is 2.14. The molecule has 0 saturated heterocycles. The number of alkyl halides is 1. The number of carbonyl (C=O) groups is 1. The molecule has 0 heterocycles. The predicted molar refractivity (Wildman–Crippen MR) is 68.1 cm³/mol. The zero-order valence-corrected chi connectivity index (χ0v) is 10.9. The third kappa shape index (κ3) is 3.53. The lowest BCUT2D eigenvalue weighted by Crippen LogP contribution is -2.21. The first-order chi connectivity index (χ1) is 8.12. The number of benzene rings is 1. The molecule has 0 radical (unpaired) electrons. The SMILES string of the molecule is COc1ccc(NC(=O)C(C)CCl)c(OC)c1. The van der Waals surface area contributed by atoms with E-state index in [4.69, 9.17) is 21.1 Å². The number of carbonyl (C=O) groups excluding carboxylic acids is 1. The third-order valence-electron chi connectivity index (χ3n) is 2.35. The quantitative estimate of drug-likeness (QED) is 0.825. The first kappa shape index (κ1) is 13.6. The first-order valence-corrected chi connectivity index (χ1v) is 5.74. The summed E-state index contributed by atoms with van der Waals surface area (Å²) in [6.45, 7) is 1.76. The van der Waals surface area contributed by atoms with E-state index in [0.29, 0.717) is 17.2 Å². The Hall–Kier alpha value is -1.42. The largest absolute Gasteiger partial charge is 0.497 e. The molecular formula is C12H16ClNO3. The second-order valence-electron chi connectivity index (χ2n) is 3.61. The van der Waals surface area contributed by atoms with Gasteiger partial charge in [-0.15, -0.1) is 11.6 Å². The van der Waals surface area contributed by atoms with Gasteiger partial charge < -0.3 is 14.8 Å². The van der Waals surface area contributed by atoms with Crippen LogP contribution < -0.4 is 14.8 Å². The van der Waals surface area contributed by atoms with Crippen molar-refractivity contribution in [1.29, 1.82) is 0 Å². The molecule has 1 N–H and O–H groups in total. The maximum atomic E-state index is 11.7. The summed E-state index contributed by atoms with van der Waals surface area (Å²) in [7, 11) is 3.11. The molecule has 0 bridgehead atoms. The minimum absolute atomic E-state index is 0.136. The van der Waals surface area contributed by atoms with Gasteiger partial charge in [-0.25, -0.2) is 0 Å². The minimum Gasteiger partial charge on any atom is -0.497 e. The topological polar surface area (TPSA) is 47.6 Å². The molecule has 0 saturated carbocycles. The molecule has 4 nitrogen and oxygen atoms in total. The number of ether oxygens (including phenoxy) is 2. The van der Waals surface area contributed by atoms with Crippen LogP contribution in [0.1, 0.15) is 6.92 Å². The Morgan fingerprint density at radius 1 is 1.41 bits per heavy atom. The molecular weight excluding hydrogens is 242 g/mol. The van der Waals surface area contributed by atoms with E-state index < -0.39 is 0 Å². The number of hydrogen-bond acceptors (Lipinski definition) is 3. The molecule has 0 spiro atoms. The summed E-state index contributed by atoms with van der Waals surface area (Å²) in [5.41, 5.74) is 0.607. The van der Waals surface area contributed by atoms with Crippen LogP contribution in [0.2, 0.25) is 0 Å². The van der Waals surface area contributed by atoms with E-state index in [0.717, 1.165) is 0 Å². The summed E-state index contributed by atoms with van der Waals surface area (Å²) >= 11 is 5.62. The molecule has 0 aromatic heterocycles. The predicted octanol–water partition coefficient (Wildman–Crippen LogP) is 2.52. The summed E-state index contributed by atoms with van der Waals surface area (Å²) in [5.74, 6) is 1.13. The molecule has 1 unspecified atom stereocenters. The van der Waals surface area contributed by atoms with Gasteiger partial charge in [-0.2, -0.15) is 0 Å². The molecule has 1 aromatic rings. The Morgan fingerprint density at radius 3 is 2.65 bits per heavy atom. The lowest BCUT2D eigenvalue weighted by atomic mass is 10.2. The average molecular weight is 258 g/mol. The molecule has 17 heavy (non-hydrogen) atoms. The maximum absolute atomic E-state index is 11.7. The van der Waals surface area contributed by atoms with E-state index >= 15 is 0 Å². The van der Waals surface area contributed by atoms with Gasteiger partial charge in [0.15, 0.2) is 0 Å². The second kappa shape index (κ2) is 6.35. The molecule has 5 heteroatoms. The molecule has 0 aliphatic rings. The number of methoxy groups -OCH3 is 2. The van der Waals surface area contributed by atoms with Gasteiger partial charge in [-0.1, -0.05) is 6.92 Å². The van der Waals surface area contributed by atoms with Gasteiger partial charge in [0.1, 0.15) is 11.5 Å². The van der Waals surface area contributed by atoms with Gasteiger partial charge in [0.25, 0.3) is 0 Å². The van der Waals surface area contributed by atoms with Crippen LogP contribution in [0, 0.1) is 5.92 Å². The van der Waals surface area contributed by atoms with Crippen molar-refractivity contribution in [1.82, 2.24) is 0 Å². The van der Waals surface area contributed by atoms with Crippen LogP contribution in [0.15, 0.2) is 18.2 Å². The van der Waals surface area contributed by atoms with E-state index in [1.807, 2.05) is 0 Å². The van der Waals surface area contributed by atoms with E-state index in [1.165, 1.54) is 7.11 Å². The van der Waals surface area contributed by atoms with Gasteiger partial charge in [0, 0.05) is 17.9 Å². The Morgan fingerprint density at radius 2 is 2.12 bits per heavy atom. The van der Waals surface area contributed by atoms with Crippen LogP contribution in [0.25, 0.3) is 0 Å². The number of hydrogen-bond donors (Lipinski definition) is 1. The van der Waals surface area contributed by atoms with Crippen molar-refractivity contribution < 1.29 is 14.3 Å². The molecule has 1 aromatic carbocycles. The fraction of sp³-hybridized carbons (Fsp3) is 0.417. The van der Waals surface area contributed by atoms with Gasteiger partial charge in [0.05, 0.1) is 19.9 Å². The fourth-order valence-corrected chi connectivity index (χ4v) is 1.37. The fourth-order valence-electron chi connectivity index (χ4n) is 1.23. The van der Waals surface area contributed by atoms with E-state index in [1.54, 1.807) is 32.2 Å². The highest BCUT2D eigenvalue weighted by molar-refractivity contribution is 6.19. The number of rotatable bonds is 5. The summed E-state index contributed by atoms with van der Waals surface area (Å²) < 4.78 is 10.2. The van der Waals surface area contributed by atoms with Crippen LogP contribution in [-0.4, -0.2) is 26.0 Å². The highest BCUT2D eigenvalue weighted by Crippen LogP contribution is 2.29. The van der Waals surface area contributed by atoms with Crippen molar-refractivity contribution in [2.24, 2.45) is 5.92 Å². The second-order valence-corrected chi connectivity index (χ2v) is 3.92. The molecule has 0 aliphatic heterocycles. The Kier molecular flexibility index (Phi) is 5.10. The van der Waals surface area contributed by atoms with Crippen molar-refractivity contribution in [2.75, 3.05) is 25.4 Å². The number of amides is 1. The van der Waals surface area contributed by atoms with E-state index in [-0.39, 0.29) is 17.7 Å². The third-order valence-corrected chi connectivity index (χ3v) is 2.81. The lowest BCUT2D eigenvalue weighted by molar-refractivity contribution is -0.118. The van der Waals surface area contributed by atoms with Crippen molar-refractivity contribution >= 4 is 23.2 Å². The van der Waals surface area contributed by atoms with Crippen LogP contribution in [-0.2, 0) is 4.79 Å². The van der Waals surface area contributed by atoms with Crippen molar-refractivity contribution in [3.8, 4) is 11.5 Å². The molecule has 1 atom stereocenters. The summed E-state index contributed by atoms with van der Waals surface area (Å²) in [5, 5.41) is 2.76. The highest BCUT2D eigenvalue weighted by atomic mass is 35.5. The van der Waals surface area contributed by atoms with E-state index in [9.17, 15) is 4.79 Å². The summed E-state index contributed by atoms with van der Waals surface area (Å²) in [6.07, 6.45) is 0. The minimum atomic E-state index is -0.247. The average Bonchev–Trinajstić information content (AvgIpc) is 2.37. The van der Waals surface area contributed by atoms with E-state index in [2.05, 4.69) is 5.32 Å². The van der Waals surface area contributed by atoms with Gasteiger partial charge in [-0.3, -0.25) is 4.79 Å². The molecule has 0 aliphatic carbocycles. The zero-order chi connectivity index (χ0) is 12.8. The molecule has 94 valence electrons. The Balaban J connectivity index is 2.87. The van der Waals surface area contributed by atoms with Crippen molar-refractivity contribution in [3.63, 3.8) is 0 Å². The van der Waals surface area contributed by atoms with Gasteiger partial charge in [0.2, 0.25) is 5.91 Å². The van der Waals surface area contributed by atoms with Crippen LogP contribution in [0.5, 0.6) is 11.5 Å². The van der Waals surface area contributed by atoms with Gasteiger partial charge in [-0.05, 0) is 12.1 Å². The first-order valence-electron chi connectivity index (χ1n) is 5.21. The van der Waals surface area contributed by atoms with Crippen LogP contribution in [0.3, 0.4) is 0 Å². The van der Waals surface area contributed by atoms with Crippen LogP contribution in [0.4, 0.5) is 5.69 Å². The van der Waals surface area contributed by atoms with Gasteiger partial charge >= 0.3 is 0 Å².